The summed E-state index contributed by atoms with van der Waals surface area (Å²) in [6, 6.07) is 21.2. The van der Waals surface area contributed by atoms with Gasteiger partial charge in [0.25, 0.3) is 0 Å². The molecule has 0 aromatic heterocycles. The van der Waals surface area contributed by atoms with Gasteiger partial charge in [0, 0.05) is 12.8 Å². The van der Waals surface area contributed by atoms with Crippen molar-refractivity contribution in [2.24, 2.45) is 0 Å². The molecule has 0 saturated carbocycles. The van der Waals surface area contributed by atoms with Crippen LogP contribution in [0, 0.1) is 12.7 Å². The summed E-state index contributed by atoms with van der Waals surface area (Å²) in [5.74, 6) is -0.231. The first-order chi connectivity index (χ1) is 14.5. The highest BCUT2D eigenvalue weighted by Crippen LogP contribution is 2.33. The third-order valence-electron chi connectivity index (χ3n) is 5.85. The van der Waals surface area contributed by atoms with E-state index in [0.29, 0.717) is 12.8 Å². The number of ether oxygens (including phenoxy) is 1. The lowest BCUT2D eigenvalue weighted by Crippen LogP contribution is -2.33. The number of hydrogen-bond acceptors (Lipinski definition) is 3. The van der Waals surface area contributed by atoms with E-state index in [0.717, 1.165) is 23.1 Å². The first kappa shape index (κ1) is 20.7. The molecule has 3 nitrogen and oxygen atoms in total. The van der Waals surface area contributed by atoms with Crippen molar-refractivity contribution in [2.45, 2.75) is 44.5 Å². The highest BCUT2D eigenvalue weighted by Gasteiger charge is 2.29. The molecule has 3 aromatic carbocycles. The molecule has 0 radical (unpaired) electrons. The van der Waals surface area contributed by atoms with E-state index < -0.39 is 6.10 Å². The van der Waals surface area contributed by atoms with Crippen molar-refractivity contribution >= 4 is 0 Å². The Morgan fingerprint density at radius 2 is 1.60 bits per heavy atom. The van der Waals surface area contributed by atoms with Gasteiger partial charge in [-0.05, 0) is 58.9 Å². The summed E-state index contributed by atoms with van der Waals surface area (Å²) in [7, 11) is 0. The number of aryl methyl sites for hydroxylation is 1. The van der Waals surface area contributed by atoms with Crippen LogP contribution < -0.4 is 0 Å². The van der Waals surface area contributed by atoms with Crippen molar-refractivity contribution < 1.29 is 19.3 Å². The maximum Gasteiger partial charge on any atom is 0.123 e. The molecule has 4 rings (SSSR count). The lowest BCUT2D eigenvalue weighted by atomic mass is 9.92. The lowest BCUT2D eigenvalue weighted by molar-refractivity contribution is -0.113. The Labute approximate surface area is 176 Å². The van der Waals surface area contributed by atoms with Gasteiger partial charge in [-0.15, -0.1) is 0 Å². The fourth-order valence-electron chi connectivity index (χ4n) is 4.08. The van der Waals surface area contributed by atoms with Gasteiger partial charge in [0.15, 0.2) is 0 Å². The fraction of sp³-hybridized carbons (Fsp3) is 0.308. The number of halogens is 1. The number of aliphatic hydroxyl groups excluding tert-OH is 2. The van der Waals surface area contributed by atoms with Crippen LogP contribution in [0.5, 0.6) is 0 Å². The number of aliphatic hydroxyl groups is 2. The zero-order valence-electron chi connectivity index (χ0n) is 17.1. The number of hydrogen-bond donors (Lipinski definition) is 2. The summed E-state index contributed by atoms with van der Waals surface area (Å²) in [6.45, 7) is 2.02. The highest BCUT2D eigenvalue weighted by atomic mass is 19.1. The third-order valence-corrected chi connectivity index (χ3v) is 5.85. The minimum absolute atomic E-state index is 0.0767. The van der Waals surface area contributed by atoms with Crippen LogP contribution in [-0.4, -0.2) is 29.0 Å². The zero-order valence-corrected chi connectivity index (χ0v) is 17.1. The molecule has 2 N–H and O–H groups in total. The minimum atomic E-state index is -0.454. The van der Waals surface area contributed by atoms with Gasteiger partial charge in [0.2, 0.25) is 0 Å². The van der Waals surface area contributed by atoms with Crippen LogP contribution in [0.3, 0.4) is 0 Å². The average molecular weight is 406 g/mol. The monoisotopic (exact) mass is 406 g/mol. The van der Waals surface area contributed by atoms with E-state index in [9.17, 15) is 14.6 Å². The van der Waals surface area contributed by atoms with Gasteiger partial charge in [-0.3, -0.25) is 0 Å². The van der Waals surface area contributed by atoms with Crippen LogP contribution in [-0.2, 0) is 11.2 Å². The van der Waals surface area contributed by atoms with E-state index in [1.165, 1.54) is 28.8 Å². The van der Waals surface area contributed by atoms with Gasteiger partial charge < -0.3 is 14.9 Å². The van der Waals surface area contributed by atoms with Crippen molar-refractivity contribution in [3.63, 3.8) is 0 Å². The third kappa shape index (κ3) is 4.78. The predicted molar refractivity (Wildman–Crippen MR) is 116 cm³/mol. The summed E-state index contributed by atoms with van der Waals surface area (Å²) in [5, 5.41) is 19.6. The standard InChI is InChI=1S/C26H27FO3/c1-17-2-5-21(26-15-24(29)14-25(16-28)30-26)13-22(17)12-18-3-6-19(7-4-18)20-8-10-23(27)11-9-20/h2-11,13,24-26,28-29H,12,14-16H2,1H3. The van der Waals surface area contributed by atoms with Gasteiger partial charge in [-0.25, -0.2) is 4.39 Å². The second-order valence-electron chi connectivity index (χ2n) is 8.12. The Hall–Kier alpha value is -2.53. The van der Waals surface area contributed by atoms with Crippen LogP contribution in [0.2, 0.25) is 0 Å². The van der Waals surface area contributed by atoms with E-state index in [2.05, 4.69) is 43.3 Å². The average Bonchev–Trinajstić information content (AvgIpc) is 2.76. The van der Waals surface area contributed by atoms with Gasteiger partial charge in [-0.1, -0.05) is 54.6 Å². The molecule has 1 aliphatic rings. The van der Waals surface area contributed by atoms with Crippen molar-refractivity contribution in [3.8, 4) is 11.1 Å². The van der Waals surface area contributed by atoms with Crippen LogP contribution in [0.1, 0.15) is 41.2 Å². The molecule has 0 aliphatic carbocycles. The molecule has 30 heavy (non-hydrogen) atoms. The van der Waals surface area contributed by atoms with E-state index in [1.54, 1.807) is 12.1 Å². The SMILES string of the molecule is Cc1ccc(C2CC(O)CC(CO)O2)cc1Cc1ccc(-c2ccc(F)cc2)cc1. The van der Waals surface area contributed by atoms with Crippen molar-refractivity contribution in [1.82, 2.24) is 0 Å². The van der Waals surface area contributed by atoms with Gasteiger partial charge >= 0.3 is 0 Å². The summed E-state index contributed by atoms with van der Waals surface area (Å²) >= 11 is 0. The van der Waals surface area contributed by atoms with Crippen LogP contribution in [0.15, 0.2) is 66.7 Å². The van der Waals surface area contributed by atoms with Crippen LogP contribution >= 0.6 is 0 Å². The maximum atomic E-state index is 13.1. The van der Waals surface area contributed by atoms with E-state index in [-0.39, 0.29) is 24.6 Å². The van der Waals surface area contributed by atoms with E-state index in [4.69, 9.17) is 4.74 Å². The first-order valence-electron chi connectivity index (χ1n) is 10.4. The largest absolute Gasteiger partial charge is 0.394 e. The molecule has 4 heteroatoms. The molecule has 3 atom stereocenters. The number of benzene rings is 3. The van der Waals surface area contributed by atoms with E-state index in [1.807, 2.05) is 6.07 Å². The molecule has 1 aliphatic heterocycles. The molecule has 0 spiro atoms. The topological polar surface area (TPSA) is 49.7 Å². The fourth-order valence-corrected chi connectivity index (χ4v) is 4.08. The normalized spacial score (nSPS) is 21.5. The highest BCUT2D eigenvalue weighted by molar-refractivity contribution is 5.63. The van der Waals surface area contributed by atoms with Gasteiger partial charge in [0.1, 0.15) is 5.82 Å². The van der Waals surface area contributed by atoms with Crippen LogP contribution in [0.4, 0.5) is 4.39 Å². The summed E-state index contributed by atoms with van der Waals surface area (Å²) in [6.07, 6.45) is 0.845. The molecule has 1 fully saturated rings. The second kappa shape index (κ2) is 9.09. The molecule has 1 heterocycles. The molecule has 156 valence electrons. The summed E-state index contributed by atoms with van der Waals surface area (Å²) < 4.78 is 19.1. The van der Waals surface area contributed by atoms with E-state index >= 15 is 0 Å². The van der Waals surface area contributed by atoms with Crippen molar-refractivity contribution in [1.29, 1.82) is 0 Å². The molecule has 1 saturated heterocycles. The summed E-state index contributed by atoms with van der Waals surface area (Å²) in [5.41, 5.74) is 6.70. The predicted octanol–water partition coefficient (Wildman–Crippen LogP) is 4.97. The molecular weight excluding hydrogens is 379 g/mol. The zero-order chi connectivity index (χ0) is 21.1. The van der Waals surface area contributed by atoms with Crippen molar-refractivity contribution in [3.05, 3.63) is 94.8 Å². The lowest BCUT2D eigenvalue weighted by Gasteiger charge is -2.32. The Balaban J connectivity index is 1.51. The smallest absolute Gasteiger partial charge is 0.123 e. The molecule has 0 amide bonds. The molecule has 3 unspecified atom stereocenters. The molecule has 3 aromatic rings. The Kier molecular flexibility index (Phi) is 6.28. The second-order valence-corrected chi connectivity index (χ2v) is 8.12. The number of rotatable bonds is 5. The quantitative estimate of drug-likeness (QED) is 0.629. The van der Waals surface area contributed by atoms with Gasteiger partial charge in [-0.2, -0.15) is 0 Å². The molecule has 0 bridgehead atoms. The summed E-state index contributed by atoms with van der Waals surface area (Å²) in [4.78, 5) is 0. The van der Waals surface area contributed by atoms with Crippen LogP contribution in [0.25, 0.3) is 11.1 Å². The molecular formula is C26H27FO3. The maximum absolute atomic E-state index is 13.1. The minimum Gasteiger partial charge on any atom is -0.394 e. The first-order valence-corrected chi connectivity index (χ1v) is 10.4. The Morgan fingerprint density at radius 1 is 0.933 bits per heavy atom. The Bertz CT molecular complexity index is 982. The van der Waals surface area contributed by atoms with Crippen molar-refractivity contribution in [2.75, 3.05) is 6.61 Å². The Morgan fingerprint density at radius 3 is 2.27 bits per heavy atom. The van der Waals surface area contributed by atoms with Gasteiger partial charge in [0.05, 0.1) is 24.9 Å².